The molecule has 45 heavy (non-hydrogen) atoms. The molecule has 0 spiro atoms. The Morgan fingerprint density at radius 3 is 2.16 bits per heavy atom. The quantitative estimate of drug-likeness (QED) is 0.180. The number of nitrogens with zero attached hydrogens (tertiary/aromatic N) is 6. The number of aromatic nitrogens is 4. The fourth-order valence-electron chi connectivity index (χ4n) is 6.60. The molecule has 2 aliphatic rings. The van der Waals surface area contributed by atoms with Gasteiger partial charge in [-0.15, -0.1) is 0 Å². The van der Waals surface area contributed by atoms with Crippen LogP contribution in [-0.2, 0) is 13.6 Å². The number of rotatable bonds is 12. The minimum absolute atomic E-state index is 0.250. The Morgan fingerprint density at radius 1 is 0.844 bits per heavy atom. The van der Waals surface area contributed by atoms with Crippen molar-refractivity contribution in [2.75, 3.05) is 57.8 Å². The summed E-state index contributed by atoms with van der Waals surface area (Å²) < 4.78 is 31.9. The maximum atomic E-state index is 12.9. The van der Waals surface area contributed by atoms with Gasteiger partial charge >= 0.3 is 7.60 Å². The van der Waals surface area contributed by atoms with E-state index in [0.29, 0.717) is 31.2 Å². The summed E-state index contributed by atoms with van der Waals surface area (Å²) in [5.74, 6) is 1.99. The molecule has 0 atom stereocenters. The van der Waals surface area contributed by atoms with Crippen molar-refractivity contribution in [3.63, 3.8) is 0 Å². The van der Waals surface area contributed by atoms with Crippen LogP contribution in [0.3, 0.4) is 0 Å². The molecule has 1 aliphatic carbocycles. The molecular weight excluding hydrogens is 589 g/mol. The predicted molar refractivity (Wildman–Crippen MR) is 177 cm³/mol. The Bertz CT molecular complexity index is 1570. The van der Waals surface area contributed by atoms with Gasteiger partial charge in [-0.25, -0.2) is 14.6 Å². The van der Waals surface area contributed by atoms with Gasteiger partial charge in [0.05, 0.1) is 30.8 Å². The van der Waals surface area contributed by atoms with Gasteiger partial charge in [-0.2, -0.15) is 5.10 Å². The van der Waals surface area contributed by atoms with E-state index in [0.717, 1.165) is 92.2 Å². The molecule has 1 aliphatic heterocycles. The summed E-state index contributed by atoms with van der Waals surface area (Å²) >= 11 is 0. The predicted octanol–water partition coefficient (Wildman–Crippen LogP) is 6.24. The Balaban J connectivity index is 1.08. The molecule has 6 rings (SSSR count). The van der Waals surface area contributed by atoms with E-state index in [-0.39, 0.29) is 6.04 Å². The minimum Gasteiger partial charge on any atom is -0.457 e. The van der Waals surface area contributed by atoms with E-state index in [4.69, 9.17) is 24.6 Å². The van der Waals surface area contributed by atoms with Gasteiger partial charge in [0.1, 0.15) is 29.3 Å². The molecule has 240 valence electrons. The number of piperazine rings is 1. The van der Waals surface area contributed by atoms with Gasteiger partial charge in [-0.3, -0.25) is 9.46 Å². The van der Waals surface area contributed by atoms with Crippen molar-refractivity contribution >= 4 is 24.4 Å². The molecule has 1 saturated heterocycles. The number of ether oxygens (including phenoxy) is 1. The average Bonchev–Trinajstić information content (AvgIpc) is 3.46. The van der Waals surface area contributed by atoms with Gasteiger partial charge in [-0.1, -0.05) is 18.2 Å². The maximum absolute atomic E-state index is 12.9. The Hall–Kier alpha value is -3.34. The van der Waals surface area contributed by atoms with Gasteiger partial charge in [0.25, 0.3) is 0 Å². The highest BCUT2D eigenvalue weighted by Crippen LogP contribution is 2.47. The van der Waals surface area contributed by atoms with E-state index in [1.54, 1.807) is 0 Å². The highest BCUT2D eigenvalue weighted by molar-refractivity contribution is 7.53. The van der Waals surface area contributed by atoms with Crippen LogP contribution in [0.15, 0.2) is 60.9 Å². The van der Waals surface area contributed by atoms with Crippen LogP contribution in [0.1, 0.15) is 45.6 Å². The van der Waals surface area contributed by atoms with Crippen LogP contribution >= 0.6 is 7.60 Å². The molecule has 3 heterocycles. The monoisotopic (exact) mass is 633 g/mol. The third-order valence-corrected chi connectivity index (χ3v) is 11.0. The highest BCUT2D eigenvalue weighted by atomic mass is 31.2. The second kappa shape index (κ2) is 14.4. The van der Waals surface area contributed by atoms with Crippen molar-refractivity contribution in [2.45, 2.75) is 51.6 Å². The summed E-state index contributed by atoms with van der Waals surface area (Å²) in [6.45, 7) is 9.24. The molecule has 4 aromatic rings. The molecule has 0 bridgehead atoms. The second-order valence-electron chi connectivity index (χ2n) is 11.7. The lowest BCUT2D eigenvalue weighted by Gasteiger charge is -2.42. The standard InChI is InChI=1S/C33H44N7O4P/c1-3-42-45(41,43-4-2)23-22-38-18-20-39(21-19-38)26-12-14-27(15-13-26)40-33-30(32(34)35-24-36-33)31(37-40)25-10-16-29(17-11-25)44-28-8-6-5-7-9-28/h5-11,16-17,24,26-27H,3-4,12-15,18-23H2,1-2H3,(H2,34,35,36)/t26-,27-. The molecule has 11 nitrogen and oxygen atoms in total. The molecule has 2 aromatic heterocycles. The number of benzene rings is 2. The maximum Gasteiger partial charge on any atom is 0.331 e. The minimum atomic E-state index is -3.00. The number of fused-ring (bicyclic) bond motifs is 1. The number of nitrogens with two attached hydrogens (primary N) is 1. The zero-order chi connectivity index (χ0) is 31.2. The molecular formula is C33H44N7O4P. The van der Waals surface area contributed by atoms with Crippen molar-refractivity contribution in [3.8, 4) is 22.8 Å². The molecule has 12 heteroatoms. The first-order valence-corrected chi connectivity index (χ1v) is 17.9. The van der Waals surface area contributed by atoms with Crippen molar-refractivity contribution < 1.29 is 18.3 Å². The molecule has 1 saturated carbocycles. The molecule has 0 unspecified atom stereocenters. The first-order valence-electron chi connectivity index (χ1n) is 16.1. The lowest BCUT2D eigenvalue weighted by atomic mass is 9.90. The summed E-state index contributed by atoms with van der Waals surface area (Å²) in [6.07, 6.45) is 6.25. The normalized spacial score (nSPS) is 20.0. The van der Waals surface area contributed by atoms with Gasteiger partial charge in [0.2, 0.25) is 0 Å². The fourth-order valence-corrected chi connectivity index (χ4v) is 8.25. The van der Waals surface area contributed by atoms with Gasteiger partial charge < -0.3 is 24.4 Å². The molecule has 2 fully saturated rings. The summed E-state index contributed by atoms with van der Waals surface area (Å²) in [4.78, 5) is 14.0. The lowest BCUT2D eigenvalue weighted by Crippen LogP contribution is -2.51. The number of nitrogen functional groups attached to an aromatic ring is 1. The Kier molecular flexibility index (Phi) is 10.1. The third-order valence-electron chi connectivity index (χ3n) is 8.90. The first-order chi connectivity index (χ1) is 22.0. The number of hydrogen-bond acceptors (Lipinski definition) is 10. The van der Waals surface area contributed by atoms with E-state index in [1.807, 2.05) is 68.4 Å². The van der Waals surface area contributed by atoms with Crippen LogP contribution in [0.4, 0.5) is 5.82 Å². The van der Waals surface area contributed by atoms with Crippen LogP contribution in [-0.4, -0.2) is 87.7 Å². The van der Waals surface area contributed by atoms with Crippen LogP contribution in [0.5, 0.6) is 11.5 Å². The topological polar surface area (TPSA) is 121 Å². The Labute approximate surface area is 265 Å². The van der Waals surface area contributed by atoms with Gasteiger partial charge in [0, 0.05) is 44.3 Å². The van der Waals surface area contributed by atoms with Crippen LogP contribution < -0.4 is 10.5 Å². The van der Waals surface area contributed by atoms with E-state index in [2.05, 4.69) is 24.4 Å². The summed E-state index contributed by atoms with van der Waals surface area (Å²) in [6, 6.07) is 18.5. The zero-order valence-electron chi connectivity index (χ0n) is 26.3. The van der Waals surface area contributed by atoms with Crippen molar-refractivity contribution in [3.05, 3.63) is 60.9 Å². The molecule has 2 aromatic carbocycles. The summed E-state index contributed by atoms with van der Waals surface area (Å²) in [5, 5.41) is 5.90. The molecule has 0 amide bonds. The van der Waals surface area contributed by atoms with E-state index < -0.39 is 7.60 Å². The van der Waals surface area contributed by atoms with E-state index in [9.17, 15) is 4.57 Å². The summed E-state index contributed by atoms with van der Waals surface area (Å²) in [5.41, 5.74) is 8.94. The second-order valence-corrected chi connectivity index (χ2v) is 13.9. The first kappa shape index (κ1) is 31.6. The number of hydrogen-bond donors (Lipinski definition) is 1. The largest absolute Gasteiger partial charge is 0.457 e. The van der Waals surface area contributed by atoms with Gasteiger partial charge in [0.15, 0.2) is 5.65 Å². The molecule has 0 radical (unpaired) electrons. The van der Waals surface area contributed by atoms with Crippen molar-refractivity contribution in [1.29, 1.82) is 0 Å². The average molecular weight is 634 g/mol. The van der Waals surface area contributed by atoms with Crippen LogP contribution in [0.2, 0.25) is 0 Å². The van der Waals surface area contributed by atoms with Crippen molar-refractivity contribution in [1.82, 2.24) is 29.5 Å². The Morgan fingerprint density at radius 2 is 1.49 bits per heavy atom. The van der Waals surface area contributed by atoms with Crippen LogP contribution in [0, 0.1) is 0 Å². The van der Waals surface area contributed by atoms with Crippen LogP contribution in [0.25, 0.3) is 22.3 Å². The fraction of sp³-hybridized carbons (Fsp3) is 0.485. The lowest BCUT2D eigenvalue weighted by molar-refractivity contribution is 0.0725. The number of para-hydroxylation sites is 1. The summed E-state index contributed by atoms with van der Waals surface area (Å²) in [7, 11) is -3.00. The molecule has 2 N–H and O–H groups in total. The van der Waals surface area contributed by atoms with Crippen molar-refractivity contribution in [2.24, 2.45) is 0 Å². The van der Waals surface area contributed by atoms with Gasteiger partial charge in [-0.05, 0) is 75.9 Å². The van der Waals surface area contributed by atoms with E-state index in [1.165, 1.54) is 6.33 Å². The SMILES string of the molecule is CCOP(=O)(CCN1CCN([C@H]2CC[C@H](n3nc(-c4ccc(Oc5ccccc5)cc4)c4c(N)ncnc43)CC2)CC1)OCC. The third kappa shape index (κ3) is 7.39. The smallest absolute Gasteiger partial charge is 0.331 e. The number of anilines is 1. The zero-order valence-corrected chi connectivity index (χ0v) is 27.1. The van der Waals surface area contributed by atoms with E-state index >= 15 is 0 Å². The highest BCUT2D eigenvalue weighted by Gasteiger charge is 2.32.